The molecule has 5 heteroatoms. The molecule has 1 aromatic rings. The van der Waals surface area contributed by atoms with Gasteiger partial charge >= 0.3 is 0 Å². The van der Waals surface area contributed by atoms with Crippen LogP contribution in [0.4, 0.5) is 0 Å². The molecule has 0 aliphatic carbocycles. The smallest absolute Gasteiger partial charge is 0.119 e. The zero-order chi connectivity index (χ0) is 12.8. The molecule has 1 aliphatic rings. The maximum Gasteiger partial charge on any atom is 0.119 e. The van der Waals surface area contributed by atoms with Gasteiger partial charge in [-0.15, -0.1) is 0 Å². The summed E-state index contributed by atoms with van der Waals surface area (Å²) in [6.07, 6.45) is 0. The summed E-state index contributed by atoms with van der Waals surface area (Å²) in [4.78, 5) is 2.75. The van der Waals surface area contributed by atoms with E-state index in [9.17, 15) is 0 Å². The average Bonchev–Trinajstić information content (AvgIpc) is 2.40. The lowest BCUT2D eigenvalue weighted by atomic mass is 10.2. The van der Waals surface area contributed by atoms with Gasteiger partial charge in [0.1, 0.15) is 17.3 Å². The number of rotatable bonds is 5. The maximum absolute atomic E-state index is 5.68. The number of thiocarbonyl (C=S) groups is 1. The largest absolute Gasteiger partial charge is 0.492 e. The van der Waals surface area contributed by atoms with Gasteiger partial charge in [-0.05, 0) is 24.3 Å². The van der Waals surface area contributed by atoms with E-state index in [0.717, 1.165) is 44.2 Å². The Balaban J connectivity index is 1.74. The van der Waals surface area contributed by atoms with Crippen molar-refractivity contribution in [3.8, 4) is 5.75 Å². The van der Waals surface area contributed by atoms with Crippen LogP contribution in [0.25, 0.3) is 0 Å². The second-order valence-corrected chi connectivity index (χ2v) is 4.63. The minimum atomic E-state index is 0.412. The Morgan fingerprint density at radius 2 is 1.94 bits per heavy atom. The Kier molecular flexibility index (Phi) is 4.92. The Labute approximate surface area is 113 Å². The van der Waals surface area contributed by atoms with Gasteiger partial charge in [0.2, 0.25) is 0 Å². The third-order valence-electron chi connectivity index (χ3n) is 2.92. The molecule has 1 aromatic carbocycles. The molecule has 0 spiro atoms. The highest BCUT2D eigenvalue weighted by molar-refractivity contribution is 7.80. The normalized spacial score (nSPS) is 16.4. The van der Waals surface area contributed by atoms with Crippen LogP contribution in [-0.4, -0.2) is 49.3 Å². The first-order valence-electron chi connectivity index (χ1n) is 6.08. The predicted molar refractivity (Wildman–Crippen MR) is 75.1 cm³/mol. The summed E-state index contributed by atoms with van der Waals surface area (Å²) >= 11 is 4.90. The standard InChI is InChI=1S/C13H18N2O2S/c14-13(18)11-1-3-12(4-2-11)17-10-7-15-5-8-16-9-6-15/h1-4H,5-10H2,(H2,14,18). The molecule has 0 aromatic heterocycles. The zero-order valence-corrected chi connectivity index (χ0v) is 11.1. The predicted octanol–water partition coefficient (Wildman–Crippen LogP) is 1.03. The van der Waals surface area contributed by atoms with E-state index in [2.05, 4.69) is 4.90 Å². The molecule has 0 amide bonds. The van der Waals surface area contributed by atoms with Crippen LogP contribution in [0.1, 0.15) is 5.56 Å². The van der Waals surface area contributed by atoms with Crippen LogP contribution in [0, 0.1) is 0 Å². The van der Waals surface area contributed by atoms with Crippen molar-refractivity contribution in [1.82, 2.24) is 4.90 Å². The van der Waals surface area contributed by atoms with Gasteiger partial charge < -0.3 is 15.2 Å². The van der Waals surface area contributed by atoms with Crippen LogP contribution in [-0.2, 0) is 4.74 Å². The molecule has 0 bridgehead atoms. The van der Waals surface area contributed by atoms with Crippen LogP contribution in [0.2, 0.25) is 0 Å². The molecule has 2 N–H and O–H groups in total. The van der Waals surface area contributed by atoms with Crippen molar-refractivity contribution in [2.24, 2.45) is 5.73 Å². The summed E-state index contributed by atoms with van der Waals surface area (Å²) < 4.78 is 11.0. The lowest BCUT2D eigenvalue weighted by Gasteiger charge is -2.26. The molecule has 0 saturated carbocycles. The molecule has 18 heavy (non-hydrogen) atoms. The summed E-state index contributed by atoms with van der Waals surface area (Å²) in [7, 11) is 0. The van der Waals surface area contributed by atoms with Crippen LogP contribution >= 0.6 is 12.2 Å². The molecule has 0 radical (unpaired) electrons. The fourth-order valence-electron chi connectivity index (χ4n) is 1.83. The van der Waals surface area contributed by atoms with E-state index >= 15 is 0 Å². The van der Waals surface area contributed by atoms with Crippen LogP contribution in [0.15, 0.2) is 24.3 Å². The molecule has 0 unspecified atom stereocenters. The summed E-state index contributed by atoms with van der Waals surface area (Å²) in [5.41, 5.74) is 6.40. The number of hydrogen-bond acceptors (Lipinski definition) is 4. The fourth-order valence-corrected chi connectivity index (χ4v) is 1.97. The Morgan fingerprint density at radius 1 is 1.28 bits per heavy atom. The second kappa shape index (κ2) is 6.68. The Morgan fingerprint density at radius 3 is 2.56 bits per heavy atom. The average molecular weight is 266 g/mol. The Hall–Kier alpha value is -1.17. The van der Waals surface area contributed by atoms with Crippen molar-refractivity contribution < 1.29 is 9.47 Å². The van der Waals surface area contributed by atoms with E-state index in [1.54, 1.807) is 0 Å². The molecule has 1 fully saturated rings. The number of nitrogens with zero attached hydrogens (tertiary/aromatic N) is 1. The minimum absolute atomic E-state index is 0.412. The first-order valence-corrected chi connectivity index (χ1v) is 6.49. The quantitative estimate of drug-likeness (QED) is 0.807. The molecule has 0 atom stereocenters. The first kappa shape index (κ1) is 13.3. The molecule has 1 saturated heterocycles. The van der Waals surface area contributed by atoms with Crippen LogP contribution < -0.4 is 10.5 Å². The van der Waals surface area contributed by atoms with E-state index in [1.165, 1.54) is 0 Å². The van der Waals surface area contributed by atoms with Crippen molar-refractivity contribution in [2.45, 2.75) is 0 Å². The molecular weight excluding hydrogens is 248 g/mol. The number of benzene rings is 1. The van der Waals surface area contributed by atoms with Crippen LogP contribution in [0.3, 0.4) is 0 Å². The van der Waals surface area contributed by atoms with E-state index in [1.807, 2.05) is 24.3 Å². The first-order chi connectivity index (χ1) is 8.75. The van der Waals surface area contributed by atoms with Gasteiger partial charge in [-0.25, -0.2) is 0 Å². The molecule has 2 rings (SSSR count). The van der Waals surface area contributed by atoms with Crippen molar-refractivity contribution in [1.29, 1.82) is 0 Å². The van der Waals surface area contributed by atoms with Crippen molar-refractivity contribution in [3.05, 3.63) is 29.8 Å². The van der Waals surface area contributed by atoms with Crippen LogP contribution in [0.5, 0.6) is 5.75 Å². The van der Waals surface area contributed by atoms with Gasteiger partial charge in [-0.1, -0.05) is 12.2 Å². The Bertz CT molecular complexity index is 388. The third kappa shape index (κ3) is 3.94. The van der Waals surface area contributed by atoms with Crippen molar-refractivity contribution >= 4 is 17.2 Å². The highest BCUT2D eigenvalue weighted by atomic mass is 32.1. The number of hydrogen-bond donors (Lipinski definition) is 1. The number of ether oxygens (including phenoxy) is 2. The lowest BCUT2D eigenvalue weighted by molar-refractivity contribution is 0.0322. The summed E-state index contributed by atoms with van der Waals surface area (Å²) in [5.74, 6) is 0.850. The summed E-state index contributed by atoms with van der Waals surface area (Å²) in [6, 6.07) is 7.56. The van der Waals surface area contributed by atoms with Gasteiger partial charge in [-0.2, -0.15) is 0 Å². The second-order valence-electron chi connectivity index (χ2n) is 4.19. The van der Waals surface area contributed by atoms with Gasteiger partial charge in [0.05, 0.1) is 13.2 Å². The van der Waals surface area contributed by atoms with E-state index < -0.39 is 0 Å². The number of morpholine rings is 1. The number of nitrogens with two attached hydrogens (primary N) is 1. The zero-order valence-electron chi connectivity index (χ0n) is 10.3. The van der Waals surface area contributed by atoms with E-state index in [4.69, 9.17) is 27.4 Å². The van der Waals surface area contributed by atoms with E-state index in [-0.39, 0.29) is 0 Å². The van der Waals surface area contributed by atoms with Crippen molar-refractivity contribution in [3.63, 3.8) is 0 Å². The molecule has 98 valence electrons. The van der Waals surface area contributed by atoms with Gasteiger partial charge in [-0.3, -0.25) is 4.90 Å². The summed E-state index contributed by atoms with van der Waals surface area (Å²) in [6.45, 7) is 5.24. The fraction of sp³-hybridized carbons (Fsp3) is 0.462. The molecule has 1 aliphatic heterocycles. The highest BCUT2D eigenvalue weighted by Crippen LogP contribution is 2.12. The minimum Gasteiger partial charge on any atom is -0.492 e. The monoisotopic (exact) mass is 266 g/mol. The maximum atomic E-state index is 5.68. The van der Waals surface area contributed by atoms with Crippen molar-refractivity contribution in [2.75, 3.05) is 39.5 Å². The van der Waals surface area contributed by atoms with Gasteiger partial charge in [0.25, 0.3) is 0 Å². The topological polar surface area (TPSA) is 47.7 Å². The van der Waals surface area contributed by atoms with Gasteiger partial charge in [0.15, 0.2) is 0 Å². The molecular formula is C13H18N2O2S. The molecule has 1 heterocycles. The SMILES string of the molecule is NC(=S)c1ccc(OCCN2CCOCC2)cc1. The lowest BCUT2D eigenvalue weighted by Crippen LogP contribution is -2.38. The third-order valence-corrected chi connectivity index (χ3v) is 3.15. The highest BCUT2D eigenvalue weighted by Gasteiger charge is 2.09. The van der Waals surface area contributed by atoms with Gasteiger partial charge in [0, 0.05) is 25.2 Å². The van der Waals surface area contributed by atoms with E-state index in [0.29, 0.717) is 11.6 Å². The molecule has 4 nitrogen and oxygen atoms in total. The summed E-state index contributed by atoms with van der Waals surface area (Å²) in [5, 5.41) is 0.